The Morgan fingerprint density at radius 2 is 2.29 bits per heavy atom. The van der Waals surface area contributed by atoms with Crippen LogP contribution in [0.1, 0.15) is 23.6 Å². The molecule has 0 radical (unpaired) electrons. The maximum atomic E-state index is 11.2. The zero-order chi connectivity index (χ0) is 10.3. The molecule has 3 nitrogen and oxygen atoms in total. The maximum absolute atomic E-state index is 11.2. The van der Waals surface area contributed by atoms with Crippen molar-refractivity contribution in [3.05, 3.63) is 27.7 Å². The van der Waals surface area contributed by atoms with Gasteiger partial charge in [-0.2, -0.15) is 0 Å². The van der Waals surface area contributed by atoms with Gasteiger partial charge in [0.05, 0.1) is 10.9 Å². The van der Waals surface area contributed by atoms with E-state index in [-0.39, 0.29) is 18.4 Å². The lowest BCUT2D eigenvalue weighted by atomic mass is 9.99. The molecule has 0 aliphatic carbocycles. The van der Waals surface area contributed by atoms with Gasteiger partial charge in [0.1, 0.15) is 5.75 Å². The van der Waals surface area contributed by atoms with E-state index in [1.807, 2.05) is 19.1 Å². The first kappa shape index (κ1) is 9.68. The van der Waals surface area contributed by atoms with Gasteiger partial charge < -0.3 is 10.5 Å². The van der Waals surface area contributed by atoms with Gasteiger partial charge in [0.25, 0.3) is 0 Å². The van der Waals surface area contributed by atoms with E-state index < -0.39 is 0 Å². The summed E-state index contributed by atoms with van der Waals surface area (Å²) in [5, 5.41) is 0. The molecule has 0 aromatic heterocycles. The lowest BCUT2D eigenvalue weighted by molar-refractivity contribution is -0.135. The van der Waals surface area contributed by atoms with Gasteiger partial charge in [-0.1, -0.05) is 6.07 Å². The summed E-state index contributed by atoms with van der Waals surface area (Å²) in [5.74, 6) is 0.300. The van der Waals surface area contributed by atoms with Crippen molar-refractivity contribution in [2.75, 3.05) is 0 Å². The molecule has 74 valence electrons. The lowest BCUT2D eigenvalue weighted by Crippen LogP contribution is -2.25. The summed E-state index contributed by atoms with van der Waals surface area (Å²) in [6.07, 6.45) is 0.253. The molecule has 0 amide bonds. The highest BCUT2D eigenvalue weighted by atomic mass is 79.9. The summed E-state index contributed by atoms with van der Waals surface area (Å²) in [6, 6.07) is 3.61. The normalized spacial score (nSPS) is 20.2. The van der Waals surface area contributed by atoms with Gasteiger partial charge in [0, 0.05) is 11.6 Å². The van der Waals surface area contributed by atoms with Crippen LogP contribution in [0, 0.1) is 6.92 Å². The summed E-state index contributed by atoms with van der Waals surface area (Å²) < 4.78 is 5.91. The van der Waals surface area contributed by atoms with E-state index in [9.17, 15) is 4.79 Å². The molecule has 14 heavy (non-hydrogen) atoms. The van der Waals surface area contributed by atoms with Crippen molar-refractivity contribution in [1.82, 2.24) is 0 Å². The van der Waals surface area contributed by atoms with Gasteiger partial charge in [-0.15, -0.1) is 0 Å². The van der Waals surface area contributed by atoms with Crippen LogP contribution in [0.25, 0.3) is 0 Å². The quantitative estimate of drug-likeness (QED) is 0.571. The van der Waals surface area contributed by atoms with Crippen LogP contribution in [0.5, 0.6) is 5.75 Å². The highest BCUT2D eigenvalue weighted by Gasteiger charge is 2.26. The number of esters is 1. The molecule has 1 atom stereocenters. The molecule has 1 heterocycles. The van der Waals surface area contributed by atoms with Crippen molar-refractivity contribution < 1.29 is 9.53 Å². The van der Waals surface area contributed by atoms with E-state index in [0.717, 1.165) is 15.6 Å². The van der Waals surface area contributed by atoms with Gasteiger partial charge in [0.15, 0.2) is 0 Å². The average Bonchev–Trinajstić information content (AvgIpc) is 2.07. The average molecular weight is 256 g/mol. The number of fused-ring (bicyclic) bond motifs is 1. The highest BCUT2D eigenvalue weighted by Crippen LogP contribution is 2.38. The van der Waals surface area contributed by atoms with Crippen LogP contribution in [0.2, 0.25) is 0 Å². The molecule has 1 aromatic rings. The highest BCUT2D eigenvalue weighted by molar-refractivity contribution is 9.10. The van der Waals surface area contributed by atoms with Crippen molar-refractivity contribution in [3.63, 3.8) is 0 Å². The number of hydrogen-bond donors (Lipinski definition) is 1. The van der Waals surface area contributed by atoms with Crippen molar-refractivity contribution in [2.24, 2.45) is 5.73 Å². The zero-order valence-corrected chi connectivity index (χ0v) is 9.30. The number of carbonyl (C=O) groups excluding carboxylic acids is 1. The Morgan fingerprint density at radius 3 is 3.00 bits per heavy atom. The Labute approximate surface area is 90.4 Å². The molecule has 4 heteroatoms. The summed E-state index contributed by atoms with van der Waals surface area (Å²) in [6.45, 7) is 1.98. The van der Waals surface area contributed by atoms with E-state index in [4.69, 9.17) is 10.5 Å². The van der Waals surface area contributed by atoms with Crippen LogP contribution >= 0.6 is 15.9 Å². The predicted molar refractivity (Wildman–Crippen MR) is 56.1 cm³/mol. The Kier molecular flexibility index (Phi) is 2.33. The third-order valence-electron chi connectivity index (χ3n) is 2.22. The van der Waals surface area contributed by atoms with Crippen LogP contribution in [-0.4, -0.2) is 5.97 Å². The molecule has 1 aromatic carbocycles. The lowest BCUT2D eigenvalue weighted by Gasteiger charge is -2.22. The number of aryl methyl sites for hydroxylation is 1. The zero-order valence-electron chi connectivity index (χ0n) is 7.71. The summed E-state index contributed by atoms with van der Waals surface area (Å²) in [4.78, 5) is 11.2. The molecule has 0 saturated heterocycles. The second-order valence-corrected chi connectivity index (χ2v) is 4.30. The Bertz CT molecular complexity index is 403. The number of benzene rings is 1. The number of ether oxygens (including phenoxy) is 1. The minimum atomic E-state index is -0.269. The Hall–Kier alpha value is -0.870. The molecule has 2 N–H and O–H groups in total. The minimum absolute atomic E-state index is 0.248. The van der Waals surface area contributed by atoms with Crippen molar-refractivity contribution in [3.8, 4) is 5.75 Å². The monoisotopic (exact) mass is 255 g/mol. The summed E-state index contributed by atoms with van der Waals surface area (Å²) in [7, 11) is 0. The van der Waals surface area contributed by atoms with Gasteiger partial charge in [-0.05, 0) is 34.5 Å². The molecule has 0 bridgehead atoms. The maximum Gasteiger partial charge on any atom is 0.313 e. The third kappa shape index (κ3) is 1.55. The van der Waals surface area contributed by atoms with E-state index in [0.29, 0.717) is 5.75 Å². The van der Waals surface area contributed by atoms with Crippen LogP contribution in [0.4, 0.5) is 0 Å². The molecule has 1 aliphatic rings. The molecule has 0 saturated carbocycles. The van der Waals surface area contributed by atoms with Crippen LogP contribution in [-0.2, 0) is 4.79 Å². The van der Waals surface area contributed by atoms with Crippen molar-refractivity contribution in [1.29, 1.82) is 0 Å². The number of carbonyl (C=O) groups is 1. The smallest absolute Gasteiger partial charge is 0.313 e. The fourth-order valence-electron chi connectivity index (χ4n) is 1.58. The van der Waals surface area contributed by atoms with Gasteiger partial charge in [-0.3, -0.25) is 4.79 Å². The summed E-state index contributed by atoms with van der Waals surface area (Å²) in [5.41, 5.74) is 7.85. The fourth-order valence-corrected chi connectivity index (χ4v) is 2.25. The van der Waals surface area contributed by atoms with Crippen molar-refractivity contribution in [2.45, 2.75) is 19.4 Å². The van der Waals surface area contributed by atoms with Crippen LogP contribution in [0.3, 0.4) is 0 Å². The van der Waals surface area contributed by atoms with E-state index in [1.165, 1.54) is 0 Å². The first-order chi connectivity index (χ1) is 6.58. The second kappa shape index (κ2) is 3.37. The van der Waals surface area contributed by atoms with Gasteiger partial charge >= 0.3 is 5.97 Å². The SMILES string of the molecule is Cc1cc(Br)c2c(c1)C(N)CC(=O)O2. The topological polar surface area (TPSA) is 52.3 Å². The number of halogens is 1. The van der Waals surface area contributed by atoms with Crippen molar-refractivity contribution >= 4 is 21.9 Å². The van der Waals surface area contributed by atoms with E-state index in [1.54, 1.807) is 0 Å². The third-order valence-corrected chi connectivity index (χ3v) is 2.81. The second-order valence-electron chi connectivity index (χ2n) is 3.45. The standard InChI is InChI=1S/C10H10BrNO2/c1-5-2-6-8(12)4-9(13)14-10(6)7(11)3-5/h2-3,8H,4,12H2,1H3. The molecular weight excluding hydrogens is 246 g/mol. The van der Waals surface area contributed by atoms with E-state index >= 15 is 0 Å². The Balaban J connectivity index is 2.58. The van der Waals surface area contributed by atoms with Gasteiger partial charge in [0.2, 0.25) is 0 Å². The number of hydrogen-bond acceptors (Lipinski definition) is 3. The molecule has 2 rings (SSSR count). The van der Waals surface area contributed by atoms with Crippen LogP contribution in [0.15, 0.2) is 16.6 Å². The number of nitrogens with two attached hydrogens (primary N) is 1. The predicted octanol–water partition coefficient (Wildman–Crippen LogP) is 2.07. The van der Waals surface area contributed by atoms with Gasteiger partial charge in [-0.25, -0.2) is 0 Å². The molecule has 1 unspecified atom stereocenters. The number of rotatable bonds is 0. The molecular formula is C10H10BrNO2. The summed E-state index contributed by atoms with van der Waals surface area (Å²) >= 11 is 3.36. The minimum Gasteiger partial charge on any atom is -0.425 e. The largest absolute Gasteiger partial charge is 0.425 e. The molecule has 0 fully saturated rings. The first-order valence-corrected chi connectivity index (χ1v) is 5.13. The van der Waals surface area contributed by atoms with Crippen LogP contribution < -0.4 is 10.5 Å². The first-order valence-electron chi connectivity index (χ1n) is 4.34. The molecule has 1 aliphatic heterocycles. The fraction of sp³-hybridized carbons (Fsp3) is 0.300. The molecule has 0 spiro atoms. The Morgan fingerprint density at radius 1 is 1.57 bits per heavy atom. The van der Waals surface area contributed by atoms with E-state index in [2.05, 4.69) is 15.9 Å².